The van der Waals surface area contributed by atoms with Crippen molar-refractivity contribution in [3.8, 4) is 11.5 Å². The predicted octanol–water partition coefficient (Wildman–Crippen LogP) is 3.24. The highest BCUT2D eigenvalue weighted by molar-refractivity contribution is 6.08. The molecule has 1 N–H and O–H groups in total. The molecular formula is C22H22N2O4. The molecule has 0 atom stereocenters. The summed E-state index contributed by atoms with van der Waals surface area (Å²) in [7, 11) is 3.00. The second kappa shape index (κ2) is 7.03. The van der Waals surface area contributed by atoms with Crippen LogP contribution in [0.1, 0.15) is 28.8 Å². The summed E-state index contributed by atoms with van der Waals surface area (Å²) in [6.45, 7) is 0.574. The molecule has 3 aromatic rings. The van der Waals surface area contributed by atoms with E-state index in [4.69, 9.17) is 4.74 Å². The number of phenols is 1. The number of benzene rings is 2. The van der Waals surface area contributed by atoms with E-state index in [0.29, 0.717) is 17.4 Å². The number of nitrogens with zero attached hydrogens (tertiary/aromatic N) is 2. The van der Waals surface area contributed by atoms with Gasteiger partial charge in [-0.05, 0) is 49.1 Å². The van der Waals surface area contributed by atoms with Crippen molar-refractivity contribution in [2.45, 2.75) is 19.3 Å². The molecular weight excluding hydrogens is 356 g/mol. The summed E-state index contributed by atoms with van der Waals surface area (Å²) in [4.78, 5) is 28.0. The number of carbonyl (C=O) groups excluding carboxylic acids is 1. The molecule has 0 fully saturated rings. The molecule has 0 unspecified atom stereocenters. The van der Waals surface area contributed by atoms with Crippen molar-refractivity contribution < 1.29 is 14.6 Å². The van der Waals surface area contributed by atoms with Crippen LogP contribution in [0.5, 0.6) is 11.5 Å². The third-order valence-corrected chi connectivity index (χ3v) is 5.37. The molecule has 1 aromatic heterocycles. The molecule has 1 amide bonds. The first kappa shape index (κ1) is 18.1. The Bertz CT molecular complexity index is 1130. The van der Waals surface area contributed by atoms with Crippen molar-refractivity contribution in [1.29, 1.82) is 0 Å². The van der Waals surface area contributed by atoms with Gasteiger partial charge >= 0.3 is 0 Å². The van der Waals surface area contributed by atoms with E-state index in [-0.39, 0.29) is 23.0 Å². The van der Waals surface area contributed by atoms with Gasteiger partial charge in [0, 0.05) is 24.7 Å². The molecule has 0 saturated heterocycles. The van der Waals surface area contributed by atoms with Gasteiger partial charge in [0.15, 0.2) is 11.5 Å². The second-order valence-corrected chi connectivity index (χ2v) is 7.02. The molecule has 4 rings (SSSR count). The summed E-state index contributed by atoms with van der Waals surface area (Å²) >= 11 is 0. The highest BCUT2D eigenvalue weighted by atomic mass is 16.5. The molecule has 0 aliphatic carbocycles. The van der Waals surface area contributed by atoms with Gasteiger partial charge in [0.05, 0.1) is 12.6 Å². The molecule has 6 nitrogen and oxygen atoms in total. The Balaban J connectivity index is 1.87. The minimum atomic E-state index is -0.442. The fraction of sp³-hybridized carbons (Fsp3) is 0.273. The average molecular weight is 378 g/mol. The van der Waals surface area contributed by atoms with E-state index in [1.807, 2.05) is 24.3 Å². The normalized spacial score (nSPS) is 13.9. The number of pyridine rings is 1. The quantitative estimate of drug-likeness (QED) is 0.743. The lowest BCUT2D eigenvalue weighted by Gasteiger charge is -2.23. The maximum Gasteiger partial charge on any atom is 0.263 e. The second-order valence-electron chi connectivity index (χ2n) is 7.02. The molecule has 0 radical (unpaired) electrons. The molecule has 2 aromatic carbocycles. The third kappa shape index (κ3) is 2.81. The Kier molecular flexibility index (Phi) is 4.55. The number of rotatable bonds is 2. The number of aryl methyl sites for hydroxylation is 2. The lowest BCUT2D eigenvalue weighted by atomic mass is 10.1. The van der Waals surface area contributed by atoms with Gasteiger partial charge in [0.1, 0.15) is 5.56 Å². The van der Waals surface area contributed by atoms with Crippen LogP contribution in [0.15, 0.2) is 47.3 Å². The summed E-state index contributed by atoms with van der Waals surface area (Å²) in [5.41, 5.74) is 1.98. The van der Waals surface area contributed by atoms with Crippen molar-refractivity contribution in [2.24, 2.45) is 7.05 Å². The first-order valence-corrected chi connectivity index (χ1v) is 9.32. The first-order valence-electron chi connectivity index (χ1n) is 9.32. The Morgan fingerprint density at radius 2 is 1.93 bits per heavy atom. The van der Waals surface area contributed by atoms with Crippen molar-refractivity contribution in [2.75, 3.05) is 18.6 Å². The smallest absolute Gasteiger partial charge is 0.263 e. The van der Waals surface area contributed by atoms with Crippen molar-refractivity contribution in [3.63, 3.8) is 0 Å². The monoisotopic (exact) mass is 378 g/mol. The summed E-state index contributed by atoms with van der Waals surface area (Å²) in [6, 6.07) is 12.8. The van der Waals surface area contributed by atoms with E-state index >= 15 is 0 Å². The topological polar surface area (TPSA) is 71.8 Å². The van der Waals surface area contributed by atoms with Gasteiger partial charge in [-0.25, -0.2) is 0 Å². The predicted molar refractivity (Wildman–Crippen MR) is 108 cm³/mol. The van der Waals surface area contributed by atoms with Crippen molar-refractivity contribution in [3.05, 3.63) is 63.9 Å². The van der Waals surface area contributed by atoms with E-state index in [9.17, 15) is 14.7 Å². The highest BCUT2D eigenvalue weighted by Crippen LogP contribution is 2.34. The van der Waals surface area contributed by atoms with Gasteiger partial charge in [0.2, 0.25) is 0 Å². The lowest BCUT2D eigenvalue weighted by Crippen LogP contribution is -2.37. The number of aromatic nitrogens is 1. The number of para-hydroxylation sites is 1. The Labute approximate surface area is 162 Å². The number of amides is 1. The number of hydrogen-bond acceptors (Lipinski definition) is 4. The largest absolute Gasteiger partial charge is 0.503 e. The van der Waals surface area contributed by atoms with E-state index in [1.165, 1.54) is 11.7 Å². The van der Waals surface area contributed by atoms with Gasteiger partial charge in [-0.15, -0.1) is 0 Å². The first-order chi connectivity index (χ1) is 13.5. The summed E-state index contributed by atoms with van der Waals surface area (Å²) in [5, 5.41) is 11.0. The summed E-state index contributed by atoms with van der Waals surface area (Å²) in [5.74, 6) is -0.145. The van der Waals surface area contributed by atoms with Crippen LogP contribution < -0.4 is 15.2 Å². The number of phenolic OH excluding ortho intramolecular Hbond substituents is 1. The standard InChI is InChI=1S/C22H22N2O4/c1-23-19-15(10-11-18(28-2)20(19)25)13-16(21(23)26)22(27)24-12-6-5-8-14-7-3-4-9-17(14)24/h3-4,7,9-11,13,25H,5-6,8,12H2,1-2H3. The molecule has 144 valence electrons. The molecule has 1 aliphatic rings. The van der Waals surface area contributed by atoms with Crippen LogP contribution in [0.4, 0.5) is 5.69 Å². The molecule has 28 heavy (non-hydrogen) atoms. The number of methoxy groups -OCH3 is 1. The summed E-state index contributed by atoms with van der Waals surface area (Å²) < 4.78 is 6.44. The van der Waals surface area contributed by atoms with Crippen LogP contribution in [0.25, 0.3) is 10.9 Å². The SMILES string of the molecule is COc1ccc2cc(C(=O)N3CCCCc4ccccc43)c(=O)n(C)c2c1O. The average Bonchev–Trinajstić information content (AvgIpc) is 2.92. The van der Waals surface area contributed by atoms with Crippen LogP contribution >= 0.6 is 0 Å². The number of hydrogen-bond donors (Lipinski definition) is 1. The van der Waals surface area contributed by atoms with Crippen molar-refractivity contribution in [1.82, 2.24) is 4.57 Å². The van der Waals surface area contributed by atoms with Gasteiger partial charge in [-0.1, -0.05) is 18.2 Å². The van der Waals surface area contributed by atoms with Crippen molar-refractivity contribution >= 4 is 22.5 Å². The maximum atomic E-state index is 13.4. The zero-order valence-corrected chi connectivity index (χ0v) is 15.9. The zero-order valence-electron chi connectivity index (χ0n) is 15.9. The van der Waals surface area contributed by atoms with Gasteiger partial charge in [0.25, 0.3) is 11.5 Å². The number of anilines is 1. The molecule has 0 bridgehead atoms. The van der Waals surface area contributed by atoms with Crippen LogP contribution in [0.3, 0.4) is 0 Å². The Morgan fingerprint density at radius 3 is 2.71 bits per heavy atom. The molecule has 6 heteroatoms. The number of aromatic hydroxyl groups is 1. The molecule has 2 heterocycles. The van der Waals surface area contributed by atoms with E-state index in [0.717, 1.165) is 30.5 Å². The minimum absolute atomic E-state index is 0.0938. The van der Waals surface area contributed by atoms with Gasteiger partial charge in [-0.3, -0.25) is 9.59 Å². The highest BCUT2D eigenvalue weighted by Gasteiger charge is 2.25. The van der Waals surface area contributed by atoms with Crippen LogP contribution in [-0.2, 0) is 13.5 Å². The van der Waals surface area contributed by atoms with Crippen LogP contribution in [0.2, 0.25) is 0 Å². The van der Waals surface area contributed by atoms with Crippen LogP contribution in [0, 0.1) is 0 Å². The molecule has 0 spiro atoms. The number of fused-ring (bicyclic) bond motifs is 2. The molecule has 1 aliphatic heterocycles. The fourth-order valence-electron chi connectivity index (χ4n) is 3.91. The van der Waals surface area contributed by atoms with Crippen LogP contribution in [-0.4, -0.2) is 29.2 Å². The summed E-state index contributed by atoms with van der Waals surface area (Å²) in [6.07, 6.45) is 2.81. The number of ether oxygens (including phenoxy) is 1. The van der Waals surface area contributed by atoms with Gasteiger partial charge < -0.3 is 19.3 Å². The third-order valence-electron chi connectivity index (χ3n) is 5.37. The van der Waals surface area contributed by atoms with E-state index in [2.05, 4.69) is 0 Å². The molecule has 0 saturated carbocycles. The number of carbonyl (C=O) groups is 1. The fourth-order valence-corrected chi connectivity index (χ4v) is 3.91. The zero-order chi connectivity index (χ0) is 19.8. The Hall–Kier alpha value is -3.28. The lowest BCUT2D eigenvalue weighted by molar-refractivity contribution is 0.0985. The minimum Gasteiger partial charge on any atom is -0.503 e. The van der Waals surface area contributed by atoms with Gasteiger partial charge in [-0.2, -0.15) is 0 Å². The van der Waals surface area contributed by atoms with E-state index in [1.54, 1.807) is 30.1 Å². The Morgan fingerprint density at radius 1 is 1.14 bits per heavy atom. The van der Waals surface area contributed by atoms with E-state index < -0.39 is 5.56 Å². The maximum absolute atomic E-state index is 13.4.